The summed E-state index contributed by atoms with van der Waals surface area (Å²) in [4.78, 5) is 13.1. The number of hydrogen-bond acceptors (Lipinski definition) is 3. The molecule has 2 saturated carbocycles. The molecule has 0 N–H and O–H groups in total. The van der Waals surface area contributed by atoms with Gasteiger partial charge in [0.15, 0.2) is 0 Å². The lowest BCUT2D eigenvalue weighted by molar-refractivity contribution is -0.127. The van der Waals surface area contributed by atoms with Gasteiger partial charge in [-0.05, 0) is 30.5 Å². The van der Waals surface area contributed by atoms with Gasteiger partial charge in [-0.3, -0.25) is 4.79 Å². The van der Waals surface area contributed by atoms with Crippen molar-refractivity contribution in [2.75, 3.05) is 6.61 Å². The van der Waals surface area contributed by atoms with Crippen molar-refractivity contribution in [2.45, 2.75) is 50.9 Å². The molecule has 174 valence electrons. The minimum absolute atomic E-state index is 0.176. The number of ether oxygens (including phenoxy) is 2. The molecule has 3 aromatic rings. The molecule has 1 unspecified atom stereocenters. The SMILES string of the molecule is CC1(C)C(=O)C[C@]2(COC(c3ccccc3)(c3ccccc3)c3ccccc3)[C@H]1C21OC1(C)C. The minimum Gasteiger partial charge on any atom is -0.362 e. The molecular weight excluding hydrogens is 420 g/mol. The van der Waals surface area contributed by atoms with Crippen LogP contribution in [-0.2, 0) is 19.9 Å². The lowest BCUT2D eigenvalue weighted by atomic mass is 9.79. The van der Waals surface area contributed by atoms with Gasteiger partial charge in [0.2, 0.25) is 0 Å². The summed E-state index contributed by atoms with van der Waals surface area (Å²) in [5.74, 6) is 0.498. The molecule has 3 aliphatic rings. The summed E-state index contributed by atoms with van der Waals surface area (Å²) in [5.41, 5.74) is 1.26. The van der Waals surface area contributed by atoms with Crippen LogP contribution < -0.4 is 0 Å². The molecule has 34 heavy (non-hydrogen) atoms. The van der Waals surface area contributed by atoms with E-state index in [-0.39, 0.29) is 22.5 Å². The molecular formula is C31H32O3. The highest BCUT2D eigenvalue weighted by Gasteiger charge is 2.98. The zero-order valence-electron chi connectivity index (χ0n) is 20.4. The Bertz CT molecular complexity index is 1130. The number of carbonyl (C=O) groups is 1. The van der Waals surface area contributed by atoms with Crippen molar-refractivity contribution < 1.29 is 14.3 Å². The van der Waals surface area contributed by atoms with Crippen molar-refractivity contribution in [1.82, 2.24) is 0 Å². The van der Waals surface area contributed by atoms with Gasteiger partial charge in [-0.15, -0.1) is 0 Å². The molecule has 6 rings (SSSR count). The zero-order chi connectivity index (χ0) is 23.8. The van der Waals surface area contributed by atoms with E-state index in [4.69, 9.17) is 9.47 Å². The zero-order valence-corrected chi connectivity index (χ0v) is 20.4. The van der Waals surface area contributed by atoms with Crippen LogP contribution >= 0.6 is 0 Å². The number of carbonyl (C=O) groups excluding carboxylic acids is 1. The highest BCUT2D eigenvalue weighted by atomic mass is 16.6. The van der Waals surface area contributed by atoms with E-state index in [0.29, 0.717) is 18.8 Å². The van der Waals surface area contributed by atoms with E-state index in [2.05, 4.69) is 100 Å². The summed E-state index contributed by atoms with van der Waals surface area (Å²) in [5, 5.41) is 0. The number of epoxide rings is 1. The molecule has 3 nitrogen and oxygen atoms in total. The maximum Gasteiger partial charge on any atom is 0.143 e. The predicted molar refractivity (Wildman–Crippen MR) is 132 cm³/mol. The number of hydrogen-bond donors (Lipinski definition) is 0. The van der Waals surface area contributed by atoms with Crippen molar-refractivity contribution in [3.8, 4) is 0 Å². The molecule has 3 fully saturated rings. The summed E-state index contributed by atoms with van der Waals surface area (Å²) >= 11 is 0. The Morgan fingerprint density at radius 3 is 1.59 bits per heavy atom. The van der Waals surface area contributed by atoms with Gasteiger partial charge in [-0.25, -0.2) is 0 Å². The third kappa shape index (κ3) is 2.57. The summed E-state index contributed by atoms with van der Waals surface area (Å²) in [6, 6.07) is 31.3. The van der Waals surface area contributed by atoms with Crippen molar-refractivity contribution in [3.05, 3.63) is 108 Å². The quantitative estimate of drug-likeness (QED) is 0.332. The van der Waals surface area contributed by atoms with E-state index < -0.39 is 11.0 Å². The molecule has 0 amide bonds. The maximum absolute atomic E-state index is 13.1. The average Bonchev–Trinajstić information content (AvgIpc) is 3.60. The monoisotopic (exact) mass is 452 g/mol. The average molecular weight is 453 g/mol. The van der Waals surface area contributed by atoms with Crippen molar-refractivity contribution >= 4 is 5.78 Å². The van der Waals surface area contributed by atoms with E-state index in [9.17, 15) is 4.79 Å². The standard InChI is InChI=1S/C31H32O3/c1-27(2)25(32)20-29(26(27)31(29)28(3,4)34-31)21-33-30(22-14-8-5-9-15-22,23-16-10-6-11-17-23)24-18-12-7-13-19-24/h5-19,26H,20-21H2,1-4H3/t26-,29-,31?/m0/s1. The maximum atomic E-state index is 13.1. The number of Topliss-reactive ketones (excluding diaryl/α,β-unsaturated/α-hetero) is 1. The topological polar surface area (TPSA) is 38.8 Å². The van der Waals surface area contributed by atoms with Crippen LogP contribution in [0, 0.1) is 16.7 Å². The van der Waals surface area contributed by atoms with Crippen LogP contribution in [0.1, 0.15) is 50.8 Å². The van der Waals surface area contributed by atoms with E-state index in [1.807, 2.05) is 18.2 Å². The van der Waals surface area contributed by atoms with Gasteiger partial charge < -0.3 is 9.47 Å². The van der Waals surface area contributed by atoms with Crippen molar-refractivity contribution in [1.29, 1.82) is 0 Å². The van der Waals surface area contributed by atoms with Crippen LogP contribution in [0.4, 0.5) is 0 Å². The molecule has 0 bridgehead atoms. The molecule has 1 spiro atoms. The van der Waals surface area contributed by atoms with Gasteiger partial charge in [-0.1, -0.05) is 105 Å². The van der Waals surface area contributed by atoms with Crippen LogP contribution in [0.25, 0.3) is 0 Å². The fourth-order valence-electron chi connectivity index (χ4n) is 7.40. The predicted octanol–water partition coefficient (Wildman–Crippen LogP) is 6.16. The number of ketones is 1. The summed E-state index contributed by atoms with van der Waals surface area (Å²) in [7, 11) is 0. The second-order valence-electron chi connectivity index (χ2n) is 11.3. The number of benzene rings is 3. The van der Waals surface area contributed by atoms with Gasteiger partial charge in [0, 0.05) is 23.2 Å². The molecule has 1 saturated heterocycles. The fraction of sp³-hybridized carbons (Fsp3) is 0.387. The lowest BCUT2D eigenvalue weighted by Crippen LogP contribution is -2.36. The molecule has 1 aliphatic heterocycles. The van der Waals surface area contributed by atoms with Gasteiger partial charge in [0.1, 0.15) is 17.0 Å². The summed E-state index contributed by atoms with van der Waals surface area (Å²) in [6.45, 7) is 8.97. The Labute approximate surface area is 202 Å². The Kier molecular flexibility index (Phi) is 4.42. The third-order valence-electron chi connectivity index (χ3n) is 8.89. The smallest absolute Gasteiger partial charge is 0.143 e. The second-order valence-corrected chi connectivity index (χ2v) is 11.3. The van der Waals surface area contributed by atoms with E-state index >= 15 is 0 Å². The van der Waals surface area contributed by atoms with Gasteiger partial charge in [0.05, 0.1) is 12.2 Å². The number of rotatable bonds is 6. The molecule has 3 aromatic carbocycles. The molecule has 2 aliphatic carbocycles. The first-order chi connectivity index (χ1) is 16.2. The van der Waals surface area contributed by atoms with Gasteiger partial charge >= 0.3 is 0 Å². The first-order valence-electron chi connectivity index (χ1n) is 12.3. The van der Waals surface area contributed by atoms with Gasteiger partial charge in [0.25, 0.3) is 0 Å². The second kappa shape index (κ2) is 6.90. The van der Waals surface area contributed by atoms with Crippen LogP contribution in [-0.4, -0.2) is 23.6 Å². The van der Waals surface area contributed by atoms with Crippen molar-refractivity contribution in [3.63, 3.8) is 0 Å². The highest BCUT2D eigenvalue weighted by molar-refractivity contribution is 5.92. The van der Waals surface area contributed by atoms with Crippen LogP contribution in [0.5, 0.6) is 0 Å². The largest absolute Gasteiger partial charge is 0.362 e. The Balaban J connectivity index is 1.49. The normalized spacial score (nSPS) is 30.2. The molecule has 1 heterocycles. The Morgan fingerprint density at radius 1 is 0.794 bits per heavy atom. The summed E-state index contributed by atoms with van der Waals surface area (Å²) < 4.78 is 13.6. The molecule has 3 heteroatoms. The van der Waals surface area contributed by atoms with Crippen LogP contribution in [0.15, 0.2) is 91.0 Å². The lowest BCUT2D eigenvalue weighted by Gasteiger charge is -2.37. The molecule has 0 aromatic heterocycles. The van der Waals surface area contributed by atoms with Gasteiger partial charge in [-0.2, -0.15) is 0 Å². The van der Waals surface area contributed by atoms with E-state index in [1.54, 1.807) is 0 Å². The third-order valence-corrected chi connectivity index (χ3v) is 8.89. The first kappa shape index (κ1) is 21.8. The summed E-state index contributed by atoms with van der Waals surface area (Å²) in [6.07, 6.45) is 0.516. The fourth-order valence-corrected chi connectivity index (χ4v) is 7.40. The Hall–Kier alpha value is -2.75. The molecule has 3 atom stereocenters. The first-order valence-corrected chi connectivity index (χ1v) is 12.3. The number of fused-ring (bicyclic) bond motifs is 3. The van der Waals surface area contributed by atoms with Crippen molar-refractivity contribution in [2.24, 2.45) is 16.7 Å². The highest BCUT2D eigenvalue weighted by Crippen LogP contribution is 2.88. The van der Waals surface area contributed by atoms with E-state index in [1.165, 1.54) is 0 Å². The molecule has 0 radical (unpaired) electrons. The van der Waals surface area contributed by atoms with Crippen LogP contribution in [0.2, 0.25) is 0 Å². The minimum atomic E-state index is -0.790. The van der Waals surface area contributed by atoms with Crippen LogP contribution in [0.3, 0.4) is 0 Å². The Morgan fingerprint density at radius 2 is 1.21 bits per heavy atom. The van der Waals surface area contributed by atoms with E-state index in [0.717, 1.165) is 16.7 Å².